The number of likely N-dealkylation sites (N-methyl/N-ethyl adjacent to an activating group) is 1. The maximum atomic E-state index is 10.9. The lowest BCUT2D eigenvalue weighted by Gasteiger charge is -2.13. The van der Waals surface area contributed by atoms with Crippen LogP contribution in [0.2, 0.25) is 0 Å². The summed E-state index contributed by atoms with van der Waals surface area (Å²) in [4.78, 5) is 10.9. The first kappa shape index (κ1) is 11.5. The van der Waals surface area contributed by atoms with Gasteiger partial charge in [0.25, 0.3) is 0 Å². The van der Waals surface area contributed by atoms with Gasteiger partial charge in [0.05, 0.1) is 7.11 Å². The highest BCUT2D eigenvalue weighted by atomic mass is 32.2. The van der Waals surface area contributed by atoms with Crippen molar-refractivity contribution in [2.75, 3.05) is 19.9 Å². The number of esters is 1. The van der Waals surface area contributed by atoms with Crippen LogP contribution in [0.5, 0.6) is 0 Å². The first-order valence-electron chi connectivity index (χ1n) is 3.42. The van der Waals surface area contributed by atoms with Crippen LogP contribution in [0.3, 0.4) is 0 Å². The summed E-state index contributed by atoms with van der Waals surface area (Å²) in [5.41, 5.74) is 0. The van der Waals surface area contributed by atoms with E-state index >= 15 is 0 Å². The van der Waals surface area contributed by atoms with Gasteiger partial charge in [-0.2, -0.15) is 0 Å². The fraction of sp³-hybridized carbons (Fsp3) is 0.833. The highest BCUT2D eigenvalue weighted by Crippen LogP contribution is 1.95. The van der Waals surface area contributed by atoms with Crippen molar-refractivity contribution >= 4 is 17.0 Å². The molecule has 0 saturated carbocycles. The second-order valence-corrected chi connectivity index (χ2v) is 3.18. The monoisotopic (exact) mass is 194 g/mol. The third-order valence-electron chi connectivity index (χ3n) is 1.41. The Balaban J connectivity index is 3.83. The number of carbonyl (C=O) groups excluding carboxylic acids is 1. The predicted molar refractivity (Wildman–Crippen MR) is 43.3 cm³/mol. The van der Waals surface area contributed by atoms with E-state index < -0.39 is 23.1 Å². The van der Waals surface area contributed by atoms with Crippen molar-refractivity contribution in [3.05, 3.63) is 0 Å². The van der Waals surface area contributed by atoms with Crippen molar-refractivity contribution in [2.45, 2.75) is 12.5 Å². The summed E-state index contributed by atoms with van der Waals surface area (Å²) in [7, 11) is 2.84. The molecule has 2 atom stereocenters. The maximum Gasteiger partial charge on any atom is 0.322 e. The molecule has 12 heavy (non-hydrogen) atoms. The number of rotatable bonds is 5. The van der Waals surface area contributed by atoms with Crippen molar-refractivity contribution in [1.29, 1.82) is 0 Å². The van der Waals surface area contributed by atoms with Crippen molar-refractivity contribution in [3.63, 3.8) is 0 Å². The van der Waals surface area contributed by atoms with Crippen LogP contribution in [-0.4, -0.2) is 40.7 Å². The van der Waals surface area contributed by atoms with Gasteiger partial charge in [-0.3, -0.25) is 9.00 Å². The number of hydrogen-bond donors (Lipinski definition) is 1. The highest BCUT2D eigenvalue weighted by Gasteiger charge is 2.15. The Bertz CT molecular complexity index is 173. The molecule has 0 fully saturated rings. The summed E-state index contributed by atoms with van der Waals surface area (Å²) in [5, 5.41) is 2.66. The van der Waals surface area contributed by atoms with E-state index in [2.05, 4.69) is 10.1 Å². The number of carbonyl (C=O) groups is 1. The smallest absolute Gasteiger partial charge is 0.322 e. The van der Waals surface area contributed by atoms with E-state index in [0.717, 1.165) is 0 Å². The molecule has 0 radical (unpaired) electrons. The average molecular weight is 194 g/mol. The average Bonchev–Trinajstić information content (AvgIpc) is 2.04. The van der Waals surface area contributed by atoms with Crippen LogP contribution in [-0.2, 0) is 20.6 Å². The van der Waals surface area contributed by atoms with E-state index in [4.69, 9.17) is 0 Å². The summed E-state index contributed by atoms with van der Waals surface area (Å²) >= 11 is -2.10. The van der Waals surface area contributed by atoms with E-state index in [1.54, 1.807) is 7.05 Å². The van der Waals surface area contributed by atoms with Gasteiger partial charge in [-0.15, -0.1) is 0 Å². The molecule has 0 aliphatic rings. The normalized spacial score (nSPS) is 15.2. The van der Waals surface area contributed by atoms with Gasteiger partial charge in [0.1, 0.15) is 6.04 Å². The van der Waals surface area contributed by atoms with Gasteiger partial charge in [0.2, 0.25) is 0 Å². The van der Waals surface area contributed by atoms with Crippen molar-refractivity contribution in [3.8, 4) is 0 Å². The summed E-state index contributed by atoms with van der Waals surface area (Å²) in [6, 6.07) is -0.534. The van der Waals surface area contributed by atoms with Gasteiger partial charge in [-0.25, -0.2) is 0 Å². The molecule has 0 aliphatic carbocycles. The summed E-state index contributed by atoms with van der Waals surface area (Å²) < 4.78 is 24.7. The molecule has 72 valence electrons. The molecule has 0 rings (SSSR count). The minimum atomic E-state index is -2.10. The topological polar surface area (TPSA) is 78.5 Å². The third kappa shape index (κ3) is 4.42. The standard InChI is InChI=1S/C6H13NO4S/c1-7-5(6(8)11-2)3-4-12(9)10/h5,7H,3-4H2,1-2H3,(H,9,10)/p-1. The lowest BCUT2D eigenvalue weighted by atomic mass is 10.2. The Hall–Kier alpha value is -0.460. The second-order valence-electron chi connectivity index (χ2n) is 2.16. The molecule has 0 amide bonds. The minimum absolute atomic E-state index is 0.0411. The first-order valence-corrected chi connectivity index (χ1v) is 4.67. The van der Waals surface area contributed by atoms with Crippen LogP contribution < -0.4 is 5.32 Å². The minimum Gasteiger partial charge on any atom is -0.772 e. The van der Waals surface area contributed by atoms with E-state index in [-0.39, 0.29) is 12.2 Å². The fourth-order valence-electron chi connectivity index (χ4n) is 0.736. The van der Waals surface area contributed by atoms with Crippen LogP contribution in [0, 0.1) is 0 Å². The summed E-state index contributed by atoms with van der Waals surface area (Å²) in [5.74, 6) is -0.483. The number of methoxy groups -OCH3 is 1. The highest BCUT2D eigenvalue weighted by molar-refractivity contribution is 7.79. The van der Waals surface area contributed by atoms with Crippen LogP contribution in [0.15, 0.2) is 0 Å². The molecule has 1 N–H and O–H groups in total. The Kier molecular flexibility index (Phi) is 5.87. The molecule has 5 nitrogen and oxygen atoms in total. The van der Waals surface area contributed by atoms with Crippen molar-refractivity contribution < 1.29 is 18.3 Å². The first-order chi connectivity index (χ1) is 5.61. The zero-order chi connectivity index (χ0) is 9.56. The molecule has 0 saturated heterocycles. The molecular weight excluding hydrogens is 182 g/mol. The molecule has 0 aliphatic heterocycles. The summed E-state index contributed by atoms with van der Waals surface area (Å²) in [6.07, 6.45) is 0.235. The van der Waals surface area contributed by atoms with Gasteiger partial charge in [-0.1, -0.05) is 11.1 Å². The van der Waals surface area contributed by atoms with E-state index in [0.29, 0.717) is 0 Å². The molecule has 0 heterocycles. The van der Waals surface area contributed by atoms with Gasteiger partial charge >= 0.3 is 5.97 Å². The number of nitrogens with one attached hydrogen (secondary N) is 1. The largest absolute Gasteiger partial charge is 0.772 e. The van der Waals surface area contributed by atoms with Gasteiger partial charge in [0, 0.05) is 5.75 Å². The summed E-state index contributed by atoms with van der Waals surface area (Å²) in [6.45, 7) is 0. The second kappa shape index (κ2) is 6.10. The zero-order valence-electron chi connectivity index (χ0n) is 7.03. The molecule has 0 aromatic carbocycles. The van der Waals surface area contributed by atoms with Crippen molar-refractivity contribution in [1.82, 2.24) is 5.32 Å². The van der Waals surface area contributed by atoms with Gasteiger partial charge < -0.3 is 14.6 Å². The molecule has 0 aromatic rings. The van der Waals surface area contributed by atoms with Crippen LogP contribution >= 0.6 is 0 Å². The van der Waals surface area contributed by atoms with Crippen LogP contribution in [0.25, 0.3) is 0 Å². The zero-order valence-corrected chi connectivity index (χ0v) is 7.85. The van der Waals surface area contributed by atoms with Gasteiger partial charge in [0.15, 0.2) is 0 Å². The third-order valence-corrected chi connectivity index (χ3v) is 1.98. The molecule has 0 bridgehead atoms. The van der Waals surface area contributed by atoms with Gasteiger partial charge in [-0.05, 0) is 13.5 Å². The lowest BCUT2D eigenvalue weighted by Crippen LogP contribution is -2.36. The SMILES string of the molecule is CNC(CCS(=O)[O-])C(=O)OC. The van der Waals surface area contributed by atoms with Crippen LogP contribution in [0.4, 0.5) is 0 Å². The molecule has 2 unspecified atom stereocenters. The van der Waals surface area contributed by atoms with E-state index in [9.17, 15) is 13.6 Å². The van der Waals surface area contributed by atoms with E-state index in [1.165, 1.54) is 7.11 Å². The Labute approximate surface area is 73.8 Å². The molecule has 0 spiro atoms. The molecule has 6 heteroatoms. The number of ether oxygens (including phenoxy) is 1. The Morgan fingerprint density at radius 1 is 1.75 bits per heavy atom. The molecular formula is C6H12NO4S-. The quantitative estimate of drug-likeness (QED) is 0.449. The van der Waals surface area contributed by atoms with E-state index in [1.807, 2.05) is 0 Å². The Morgan fingerprint density at radius 3 is 2.67 bits per heavy atom. The van der Waals surface area contributed by atoms with Crippen LogP contribution in [0.1, 0.15) is 6.42 Å². The Morgan fingerprint density at radius 2 is 2.33 bits per heavy atom. The maximum absolute atomic E-state index is 10.9. The fourth-order valence-corrected chi connectivity index (χ4v) is 1.16. The van der Waals surface area contributed by atoms with Crippen molar-refractivity contribution in [2.24, 2.45) is 0 Å². The predicted octanol–water partition coefficient (Wildman–Crippen LogP) is -0.983. The number of hydrogen-bond acceptors (Lipinski definition) is 5. The lowest BCUT2D eigenvalue weighted by molar-refractivity contribution is -0.143. The molecule has 0 aromatic heterocycles.